The Morgan fingerprint density at radius 2 is 2.00 bits per heavy atom. The highest BCUT2D eigenvalue weighted by molar-refractivity contribution is 6.00. The van der Waals surface area contributed by atoms with Gasteiger partial charge in [-0.15, -0.1) is 0 Å². The summed E-state index contributed by atoms with van der Waals surface area (Å²) in [6.45, 7) is 0. The van der Waals surface area contributed by atoms with Gasteiger partial charge in [0.05, 0.1) is 11.8 Å². The molecular formula is C14H16N4O4. The molecular weight excluding hydrogens is 288 g/mol. The molecule has 0 unspecified atom stereocenters. The van der Waals surface area contributed by atoms with E-state index in [-0.39, 0.29) is 5.91 Å². The van der Waals surface area contributed by atoms with Crippen LogP contribution in [0.3, 0.4) is 0 Å². The van der Waals surface area contributed by atoms with Crippen molar-refractivity contribution in [1.82, 2.24) is 15.1 Å². The molecule has 0 aliphatic heterocycles. The molecule has 1 aromatic carbocycles. The van der Waals surface area contributed by atoms with E-state index in [2.05, 4.69) is 10.4 Å². The van der Waals surface area contributed by atoms with Gasteiger partial charge in [0.1, 0.15) is 5.69 Å². The highest BCUT2D eigenvalue weighted by Gasteiger charge is 2.15. The van der Waals surface area contributed by atoms with Gasteiger partial charge in [-0.1, -0.05) is 30.3 Å². The van der Waals surface area contributed by atoms with Crippen molar-refractivity contribution in [2.75, 3.05) is 7.05 Å². The molecule has 0 saturated heterocycles. The Bertz CT molecular complexity index is 661. The summed E-state index contributed by atoms with van der Waals surface area (Å²) in [5, 5.41) is 24.1. The number of aliphatic hydroxyl groups excluding tert-OH is 1. The van der Waals surface area contributed by atoms with Gasteiger partial charge in [-0.3, -0.25) is 19.6 Å². The Kier molecular flexibility index (Phi) is 6.30. The van der Waals surface area contributed by atoms with E-state index in [1.807, 2.05) is 30.3 Å². The first-order valence-corrected chi connectivity index (χ1v) is 6.23. The summed E-state index contributed by atoms with van der Waals surface area (Å²) in [6.07, 6.45) is 3.59. The molecule has 8 heteroatoms. The normalized spacial score (nSPS) is 9.91. The number of hydrogen-bond donors (Lipinski definition) is 2. The van der Waals surface area contributed by atoms with Gasteiger partial charge in [0.25, 0.3) is 5.91 Å². The van der Waals surface area contributed by atoms with E-state index in [0.29, 0.717) is 11.3 Å². The quantitative estimate of drug-likeness (QED) is 0.510. The molecule has 0 bridgehead atoms. The second kappa shape index (κ2) is 8.20. The predicted molar refractivity (Wildman–Crippen MR) is 80.8 cm³/mol. The van der Waals surface area contributed by atoms with Crippen molar-refractivity contribution in [1.29, 1.82) is 0 Å². The Hall–Kier alpha value is -3.16. The topological polar surface area (TPSA) is 110 Å². The summed E-state index contributed by atoms with van der Waals surface area (Å²) < 4.78 is 1.58. The van der Waals surface area contributed by atoms with Gasteiger partial charge in [-0.25, -0.2) is 0 Å². The highest BCUT2D eigenvalue weighted by Crippen LogP contribution is 2.21. The minimum atomic E-state index is -0.500. The Morgan fingerprint density at radius 1 is 1.41 bits per heavy atom. The largest absolute Gasteiger partial charge is 0.514 e. The molecule has 0 atom stereocenters. The molecule has 2 rings (SSSR count). The monoisotopic (exact) mass is 304 g/mol. The molecule has 116 valence electrons. The minimum absolute atomic E-state index is 0.313. The fourth-order valence-corrected chi connectivity index (χ4v) is 1.65. The average Bonchev–Trinajstić information content (AvgIpc) is 2.87. The Labute approximate surface area is 126 Å². The third-order valence-electron chi connectivity index (χ3n) is 2.41. The minimum Gasteiger partial charge on any atom is -0.514 e. The SMILES string of the molecule is C[N+](=O)[O-].Cn1cc(C(=O)N/C=C\O)c(-c2ccccc2)n1. The molecule has 0 aliphatic rings. The number of rotatable bonds is 3. The van der Waals surface area contributed by atoms with Crippen LogP contribution in [0.4, 0.5) is 0 Å². The maximum atomic E-state index is 11.9. The summed E-state index contributed by atoms with van der Waals surface area (Å²) in [7, 11) is 2.64. The summed E-state index contributed by atoms with van der Waals surface area (Å²) in [5.74, 6) is -0.313. The van der Waals surface area contributed by atoms with Crippen LogP contribution in [0.5, 0.6) is 0 Å². The average molecular weight is 304 g/mol. The number of hydrogen-bond acceptors (Lipinski definition) is 5. The lowest BCUT2D eigenvalue weighted by Gasteiger charge is -2.00. The molecule has 0 aliphatic carbocycles. The number of aliphatic hydroxyl groups is 1. The third kappa shape index (κ3) is 5.08. The number of carbonyl (C=O) groups excluding carboxylic acids is 1. The standard InChI is InChI=1S/C13H13N3O2.CH3NO2/c1-16-9-11(13(18)14-7-8-17)12(15-16)10-5-3-2-4-6-10;1-2(3)4/h2-9,17H,1H3,(H,14,18);1H3/b8-7-;. The number of benzene rings is 1. The summed E-state index contributed by atoms with van der Waals surface area (Å²) in [5.41, 5.74) is 1.94. The van der Waals surface area contributed by atoms with E-state index >= 15 is 0 Å². The predicted octanol–water partition coefficient (Wildman–Crippen LogP) is 1.74. The van der Waals surface area contributed by atoms with Gasteiger partial charge < -0.3 is 10.4 Å². The van der Waals surface area contributed by atoms with Crippen LogP contribution >= 0.6 is 0 Å². The fourth-order valence-electron chi connectivity index (χ4n) is 1.65. The second-order valence-electron chi connectivity index (χ2n) is 4.16. The molecule has 1 heterocycles. The van der Waals surface area contributed by atoms with Crippen molar-refractivity contribution in [3.63, 3.8) is 0 Å². The maximum Gasteiger partial charge on any atom is 0.259 e. The van der Waals surface area contributed by atoms with Crippen LogP contribution in [0, 0.1) is 10.1 Å². The molecule has 1 aromatic heterocycles. The van der Waals surface area contributed by atoms with E-state index in [1.54, 1.807) is 17.9 Å². The van der Waals surface area contributed by atoms with Gasteiger partial charge in [0.15, 0.2) is 7.05 Å². The first kappa shape index (κ1) is 16.9. The lowest BCUT2D eigenvalue weighted by molar-refractivity contribution is -0.445. The number of nitrogens with zero attached hydrogens (tertiary/aromatic N) is 3. The Balaban J connectivity index is 0.000000541. The molecule has 0 saturated carbocycles. The first-order chi connectivity index (χ1) is 10.5. The summed E-state index contributed by atoms with van der Waals surface area (Å²) >= 11 is 0. The zero-order valence-electron chi connectivity index (χ0n) is 12.1. The van der Waals surface area contributed by atoms with Crippen molar-refractivity contribution in [3.05, 3.63) is 64.7 Å². The molecule has 2 N–H and O–H groups in total. The van der Waals surface area contributed by atoms with Gasteiger partial charge in [-0.05, 0) is 0 Å². The van der Waals surface area contributed by atoms with Crippen LogP contribution in [0.25, 0.3) is 11.3 Å². The van der Waals surface area contributed by atoms with Crippen LogP contribution in [0.2, 0.25) is 0 Å². The highest BCUT2D eigenvalue weighted by atomic mass is 16.6. The molecule has 0 spiro atoms. The number of nitrogens with one attached hydrogen (secondary N) is 1. The van der Waals surface area contributed by atoms with Gasteiger partial charge >= 0.3 is 0 Å². The molecule has 2 aromatic rings. The van der Waals surface area contributed by atoms with E-state index in [0.717, 1.165) is 18.9 Å². The Morgan fingerprint density at radius 3 is 2.55 bits per heavy atom. The molecule has 1 amide bonds. The lowest BCUT2D eigenvalue weighted by Crippen LogP contribution is -2.17. The van der Waals surface area contributed by atoms with Crippen molar-refractivity contribution in [2.45, 2.75) is 0 Å². The van der Waals surface area contributed by atoms with Gasteiger partial charge in [0.2, 0.25) is 0 Å². The molecule has 0 radical (unpaired) electrons. The fraction of sp³-hybridized carbons (Fsp3) is 0.143. The van der Waals surface area contributed by atoms with Gasteiger partial charge in [0, 0.05) is 29.9 Å². The summed E-state index contributed by atoms with van der Waals surface area (Å²) in [4.78, 5) is 20.2. The maximum absolute atomic E-state index is 11.9. The molecule has 22 heavy (non-hydrogen) atoms. The van der Waals surface area contributed by atoms with Crippen molar-refractivity contribution in [3.8, 4) is 11.3 Å². The van der Waals surface area contributed by atoms with Crippen molar-refractivity contribution < 1.29 is 14.8 Å². The van der Waals surface area contributed by atoms with Gasteiger partial charge in [-0.2, -0.15) is 5.10 Å². The van der Waals surface area contributed by atoms with E-state index < -0.39 is 4.92 Å². The van der Waals surface area contributed by atoms with E-state index in [1.165, 1.54) is 6.20 Å². The van der Waals surface area contributed by atoms with Crippen LogP contribution in [0.15, 0.2) is 49.0 Å². The molecule has 8 nitrogen and oxygen atoms in total. The number of aromatic nitrogens is 2. The van der Waals surface area contributed by atoms with Crippen LogP contribution < -0.4 is 5.32 Å². The molecule has 0 fully saturated rings. The lowest BCUT2D eigenvalue weighted by atomic mass is 10.1. The third-order valence-corrected chi connectivity index (χ3v) is 2.41. The van der Waals surface area contributed by atoms with Crippen LogP contribution in [0.1, 0.15) is 10.4 Å². The number of aryl methyl sites for hydroxylation is 1. The van der Waals surface area contributed by atoms with E-state index in [9.17, 15) is 4.79 Å². The number of carbonyl (C=O) groups is 1. The van der Waals surface area contributed by atoms with Crippen molar-refractivity contribution >= 4 is 5.91 Å². The van der Waals surface area contributed by atoms with Crippen LogP contribution in [-0.2, 0) is 7.05 Å². The zero-order valence-corrected chi connectivity index (χ0v) is 12.1. The second-order valence-corrected chi connectivity index (χ2v) is 4.16. The zero-order chi connectivity index (χ0) is 16.5. The van der Waals surface area contributed by atoms with E-state index in [4.69, 9.17) is 15.2 Å². The number of amides is 1. The van der Waals surface area contributed by atoms with Crippen LogP contribution in [-0.4, -0.2) is 32.8 Å². The summed E-state index contributed by atoms with van der Waals surface area (Å²) in [6, 6.07) is 9.46. The first-order valence-electron chi connectivity index (χ1n) is 6.23. The van der Waals surface area contributed by atoms with Crippen molar-refractivity contribution in [2.24, 2.45) is 7.05 Å². The smallest absolute Gasteiger partial charge is 0.259 e. The number of nitro groups is 1.